The van der Waals surface area contributed by atoms with Gasteiger partial charge in [0.1, 0.15) is 6.42 Å². The number of nitrogens with zero attached hydrogens (tertiary/aromatic N) is 1. The van der Waals surface area contributed by atoms with Crippen LogP contribution in [0.2, 0.25) is 0 Å². The van der Waals surface area contributed by atoms with Crippen LogP contribution in [0.4, 0.5) is 0 Å². The van der Waals surface area contributed by atoms with Crippen LogP contribution in [0.5, 0.6) is 0 Å². The average molecular weight is 166 g/mol. The molecule has 1 amide bonds. The summed E-state index contributed by atoms with van der Waals surface area (Å²) < 4.78 is 0. The average Bonchev–Trinajstić information content (AvgIpc) is 2.53. The number of hydrogen-bond acceptors (Lipinski definition) is 2. The zero-order chi connectivity index (χ0) is 8.81. The first-order valence-corrected chi connectivity index (χ1v) is 4.46. The molecule has 0 heterocycles. The van der Waals surface area contributed by atoms with Gasteiger partial charge in [-0.25, -0.2) is 0 Å². The van der Waals surface area contributed by atoms with Gasteiger partial charge in [-0.2, -0.15) is 5.26 Å². The van der Waals surface area contributed by atoms with Crippen LogP contribution >= 0.6 is 0 Å². The Morgan fingerprint density at radius 1 is 1.50 bits per heavy atom. The van der Waals surface area contributed by atoms with Crippen LogP contribution in [-0.4, -0.2) is 12.5 Å². The zero-order valence-corrected chi connectivity index (χ0v) is 7.18. The number of amides is 1. The molecule has 1 saturated carbocycles. The predicted molar refractivity (Wildman–Crippen MR) is 45.2 cm³/mol. The van der Waals surface area contributed by atoms with Gasteiger partial charge in [-0.15, -0.1) is 0 Å². The van der Waals surface area contributed by atoms with Gasteiger partial charge in [0, 0.05) is 6.54 Å². The Morgan fingerprint density at radius 3 is 2.75 bits per heavy atom. The summed E-state index contributed by atoms with van der Waals surface area (Å²) >= 11 is 0. The summed E-state index contributed by atoms with van der Waals surface area (Å²) in [4.78, 5) is 10.9. The van der Waals surface area contributed by atoms with E-state index in [2.05, 4.69) is 5.32 Å². The second-order valence-electron chi connectivity index (χ2n) is 3.29. The van der Waals surface area contributed by atoms with Gasteiger partial charge in [0.05, 0.1) is 6.07 Å². The van der Waals surface area contributed by atoms with Gasteiger partial charge in [-0.1, -0.05) is 12.8 Å². The predicted octanol–water partition coefficient (Wildman–Crippen LogP) is 1.21. The van der Waals surface area contributed by atoms with E-state index in [4.69, 9.17) is 5.26 Å². The molecule has 0 aliphatic heterocycles. The molecule has 0 aromatic heterocycles. The normalized spacial score (nSPS) is 17.2. The molecule has 0 spiro atoms. The summed E-state index contributed by atoms with van der Waals surface area (Å²) in [6.07, 6.45) is 5.03. The molecule has 1 aliphatic carbocycles. The van der Waals surface area contributed by atoms with Crippen molar-refractivity contribution in [3.63, 3.8) is 0 Å². The van der Waals surface area contributed by atoms with Gasteiger partial charge in [0.2, 0.25) is 5.91 Å². The number of carbonyl (C=O) groups excluding carboxylic acids is 1. The Hall–Kier alpha value is -1.04. The lowest BCUT2D eigenvalue weighted by Gasteiger charge is -2.08. The zero-order valence-electron chi connectivity index (χ0n) is 7.18. The second-order valence-corrected chi connectivity index (χ2v) is 3.29. The summed E-state index contributed by atoms with van der Waals surface area (Å²) in [6.45, 7) is 0.764. The lowest BCUT2D eigenvalue weighted by Crippen LogP contribution is -2.27. The molecule has 0 bridgehead atoms. The number of rotatable bonds is 3. The molecule has 0 saturated heterocycles. The summed E-state index contributed by atoms with van der Waals surface area (Å²) in [5.74, 6) is 0.525. The maximum atomic E-state index is 10.9. The Labute approximate surface area is 72.8 Å². The van der Waals surface area contributed by atoms with E-state index in [1.165, 1.54) is 25.7 Å². The minimum Gasteiger partial charge on any atom is -0.355 e. The lowest BCUT2D eigenvalue weighted by molar-refractivity contribution is -0.120. The van der Waals surface area contributed by atoms with E-state index >= 15 is 0 Å². The van der Waals surface area contributed by atoms with Crippen molar-refractivity contribution in [3.05, 3.63) is 0 Å². The molecular weight excluding hydrogens is 152 g/mol. The molecule has 1 N–H and O–H groups in total. The molecule has 0 unspecified atom stereocenters. The van der Waals surface area contributed by atoms with E-state index in [0.717, 1.165) is 6.54 Å². The summed E-state index contributed by atoms with van der Waals surface area (Å²) in [5, 5.41) is 11.0. The largest absolute Gasteiger partial charge is 0.355 e. The fourth-order valence-corrected chi connectivity index (χ4v) is 1.61. The smallest absolute Gasteiger partial charge is 0.234 e. The van der Waals surface area contributed by atoms with Crippen LogP contribution in [0.3, 0.4) is 0 Å². The minimum atomic E-state index is -0.135. The van der Waals surface area contributed by atoms with Gasteiger partial charge in [0.15, 0.2) is 0 Å². The molecule has 3 heteroatoms. The third-order valence-corrected chi connectivity index (χ3v) is 2.30. The van der Waals surface area contributed by atoms with Gasteiger partial charge < -0.3 is 5.32 Å². The topological polar surface area (TPSA) is 52.9 Å². The highest BCUT2D eigenvalue weighted by Gasteiger charge is 2.15. The van der Waals surface area contributed by atoms with Crippen molar-refractivity contribution < 1.29 is 4.79 Å². The third-order valence-electron chi connectivity index (χ3n) is 2.30. The van der Waals surface area contributed by atoms with E-state index in [0.29, 0.717) is 5.92 Å². The molecule has 0 radical (unpaired) electrons. The molecular formula is C9H14N2O. The van der Waals surface area contributed by atoms with E-state index in [-0.39, 0.29) is 12.3 Å². The highest BCUT2D eigenvalue weighted by molar-refractivity contribution is 5.77. The van der Waals surface area contributed by atoms with Gasteiger partial charge in [0.25, 0.3) is 0 Å². The monoisotopic (exact) mass is 166 g/mol. The number of carbonyl (C=O) groups is 1. The second kappa shape index (κ2) is 4.76. The number of hydrogen-bond donors (Lipinski definition) is 1. The van der Waals surface area contributed by atoms with E-state index in [9.17, 15) is 4.79 Å². The summed E-state index contributed by atoms with van der Waals surface area (Å²) in [6, 6.07) is 1.83. The van der Waals surface area contributed by atoms with Crippen LogP contribution in [0.15, 0.2) is 0 Å². The molecule has 0 atom stereocenters. The van der Waals surface area contributed by atoms with E-state index < -0.39 is 0 Å². The summed E-state index contributed by atoms with van der Waals surface area (Å²) in [5.41, 5.74) is 0. The number of nitrogens with one attached hydrogen (secondary N) is 1. The van der Waals surface area contributed by atoms with Crippen LogP contribution in [0, 0.1) is 17.2 Å². The first kappa shape index (κ1) is 9.05. The maximum Gasteiger partial charge on any atom is 0.234 e. The van der Waals surface area contributed by atoms with E-state index in [1.54, 1.807) is 0 Å². The Kier molecular flexibility index (Phi) is 3.59. The summed E-state index contributed by atoms with van der Waals surface area (Å²) in [7, 11) is 0. The van der Waals surface area contributed by atoms with Crippen LogP contribution in [-0.2, 0) is 4.79 Å². The van der Waals surface area contributed by atoms with Gasteiger partial charge in [-0.3, -0.25) is 4.79 Å². The Balaban J connectivity index is 2.08. The van der Waals surface area contributed by atoms with Gasteiger partial charge in [-0.05, 0) is 18.8 Å². The third kappa shape index (κ3) is 2.91. The highest BCUT2D eigenvalue weighted by atomic mass is 16.1. The quantitative estimate of drug-likeness (QED) is 0.685. The molecule has 1 fully saturated rings. The SMILES string of the molecule is N#CCC(=O)NCC1CCCC1. The van der Waals surface area contributed by atoms with Crippen molar-refractivity contribution in [2.24, 2.45) is 5.92 Å². The van der Waals surface area contributed by atoms with Crippen molar-refractivity contribution in [3.8, 4) is 6.07 Å². The fourth-order valence-electron chi connectivity index (χ4n) is 1.61. The van der Waals surface area contributed by atoms with E-state index in [1.807, 2.05) is 6.07 Å². The Bertz CT molecular complexity index is 189. The maximum absolute atomic E-state index is 10.9. The lowest BCUT2D eigenvalue weighted by atomic mass is 10.1. The number of nitriles is 1. The van der Waals surface area contributed by atoms with Crippen molar-refractivity contribution in [2.75, 3.05) is 6.54 Å². The van der Waals surface area contributed by atoms with Crippen LogP contribution in [0.1, 0.15) is 32.1 Å². The molecule has 1 rings (SSSR count). The Morgan fingerprint density at radius 2 is 2.17 bits per heavy atom. The minimum absolute atomic E-state index is 0.00722. The van der Waals surface area contributed by atoms with Crippen molar-refractivity contribution in [1.29, 1.82) is 5.26 Å². The van der Waals surface area contributed by atoms with Crippen LogP contribution in [0.25, 0.3) is 0 Å². The molecule has 1 aliphatic rings. The van der Waals surface area contributed by atoms with Gasteiger partial charge >= 0.3 is 0 Å². The van der Waals surface area contributed by atoms with Crippen LogP contribution < -0.4 is 5.32 Å². The molecule has 0 aromatic carbocycles. The molecule has 0 aromatic rings. The first-order valence-electron chi connectivity index (χ1n) is 4.46. The van der Waals surface area contributed by atoms with Crippen molar-refractivity contribution >= 4 is 5.91 Å². The highest BCUT2D eigenvalue weighted by Crippen LogP contribution is 2.23. The fraction of sp³-hybridized carbons (Fsp3) is 0.778. The standard InChI is InChI=1S/C9H14N2O/c10-6-5-9(12)11-7-8-3-1-2-4-8/h8H,1-5,7H2,(H,11,12). The first-order chi connectivity index (χ1) is 5.83. The molecule has 3 nitrogen and oxygen atoms in total. The van der Waals surface area contributed by atoms with Crippen molar-refractivity contribution in [2.45, 2.75) is 32.1 Å². The molecule has 66 valence electrons. The molecule has 12 heavy (non-hydrogen) atoms. The van der Waals surface area contributed by atoms with Crippen molar-refractivity contribution in [1.82, 2.24) is 5.32 Å².